The van der Waals surface area contributed by atoms with Crippen LogP contribution in [0.5, 0.6) is 23.0 Å². The first-order chi connectivity index (χ1) is 31.0. The second kappa shape index (κ2) is 28.6. The number of carbonyl (C=O) groups excluding carboxylic acids is 4. The summed E-state index contributed by atoms with van der Waals surface area (Å²) in [6, 6.07) is 11.5. The van der Waals surface area contributed by atoms with Gasteiger partial charge in [-0.2, -0.15) is 0 Å². The maximum absolute atomic E-state index is 13.4. The minimum Gasteiger partial charge on any atom is -0.507 e. The van der Waals surface area contributed by atoms with E-state index in [1.165, 1.54) is 24.3 Å². The van der Waals surface area contributed by atoms with Gasteiger partial charge in [-0.1, -0.05) is 0 Å². The summed E-state index contributed by atoms with van der Waals surface area (Å²) < 4.78 is 0. The van der Waals surface area contributed by atoms with E-state index >= 15 is 0 Å². The second-order valence-electron chi connectivity index (χ2n) is 14.4. The molecule has 0 saturated carbocycles. The van der Waals surface area contributed by atoms with Crippen molar-refractivity contribution in [1.82, 2.24) is 21.3 Å². The van der Waals surface area contributed by atoms with Crippen LogP contribution < -0.4 is 42.5 Å². The second-order valence-corrected chi connectivity index (χ2v) is 14.4. The average molecular weight is 998 g/mol. The van der Waals surface area contributed by atoms with Crippen molar-refractivity contribution in [3.05, 3.63) is 93.0 Å². The zero-order chi connectivity index (χ0) is 46.2. The smallest absolute Gasteiger partial charge is 0.200 e. The minimum atomic E-state index is -0.559. The van der Waals surface area contributed by atoms with E-state index in [1.807, 2.05) is 0 Å². The Morgan fingerprint density at radius 3 is 0.657 bits per heavy atom. The van der Waals surface area contributed by atoms with Gasteiger partial charge in [-0.25, -0.2) is 0 Å². The number of hydrogen-bond donors (Lipinski definition) is 16. The number of carbonyl (C=O) groups is 4. The van der Waals surface area contributed by atoms with E-state index in [-0.39, 0.29) is 131 Å². The summed E-state index contributed by atoms with van der Waals surface area (Å²) >= 11 is 0. The molecule has 4 aromatic rings. The Balaban J connectivity index is 0.000000440. The van der Waals surface area contributed by atoms with Crippen LogP contribution in [0.2, 0.25) is 0 Å². The van der Waals surface area contributed by atoms with E-state index < -0.39 is 23.1 Å². The molecule has 0 atom stereocenters. The summed E-state index contributed by atoms with van der Waals surface area (Å²) in [5, 5.41) is 101. The van der Waals surface area contributed by atoms with Crippen LogP contribution in [0.25, 0.3) is 0 Å². The molecule has 0 aliphatic heterocycles. The predicted molar refractivity (Wildman–Crippen MR) is 262 cm³/mol. The third kappa shape index (κ3) is 13.8. The molecule has 23 heteroatoms. The van der Waals surface area contributed by atoms with Crippen LogP contribution in [0.3, 0.4) is 0 Å². The number of aliphatic hydroxyl groups excluding tert-OH is 4. The fraction of sp³-hybridized carbons (Fsp3) is 0.364. The zero-order valence-electron chi connectivity index (χ0n) is 36.4. The highest BCUT2D eigenvalue weighted by Crippen LogP contribution is 2.44. The van der Waals surface area contributed by atoms with Gasteiger partial charge in [0.05, 0.1) is 70.9 Å². The van der Waals surface area contributed by atoms with Gasteiger partial charge in [0.2, 0.25) is 23.1 Å². The summed E-state index contributed by atoms with van der Waals surface area (Å²) in [5.74, 6) is -3.72. The van der Waals surface area contributed by atoms with E-state index in [1.54, 1.807) is 24.3 Å². The standard InChI is InChI=1S/2C22H28N4O6.3ClH/c2*27-11-9-23-5-7-25-13-1-2-14(26-8-6-24-10-12-28)18-17(13)21(31)19-15(29)3-4-16(30)20(19)22(18)32;;;/h2*1-4,23-30H,5-12H2;3*1H. The molecule has 0 aromatic heterocycles. The number of anilines is 4. The Morgan fingerprint density at radius 2 is 0.478 bits per heavy atom. The average Bonchev–Trinajstić information content (AvgIpc) is 3.29. The quantitative estimate of drug-likeness (QED) is 0.0297. The van der Waals surface area contributed by atoms with Gasteiger partial charge in [0, 0.05) is 101 Å². The predicted octanol–water partition coefficient (Wildman–Crippen LogP) is 0.987. The van der Waals surface area contributed by atoms with Gasteiger partial charge < -0.3 is 83.4 Å². The Kier molecular flexibility index (Phi) is 24.6. The Hall–Kier alpha value is -5.49. The number of rotatable bonds is 24. The Labute approximate surface area is 405 Å². The molecule has 0 bridgehead atoms. The van der Waals surface area contributed by atoms with Crippen molar-refractivity contribution in [2.45, 2.75) is 0 Å². The van der Waals surface area contributed by atoms with Crippen LogP contribution in [-0.4, -0.2) is 169 Å². The van der Waals surface area contributed by atoms with Crippen molar-refractivity contribution in [2.75, 3.05) is 126 Å². The molecule has 2 aliphatic rings. The number of halogens is 3. The molecular weight excluding hydrogens is 939 g/mol. The van der Waals surface area contributed by atoms with Crippen LogP contribution in [0, 0.1) is 0 Å². The van der Waals surface area contributed by atoms with E-state index in [4.69, 9.17) is 20.4 Å². The van der Waals surface area contributed by atoms with Crippen molar-refractivity contribution in [2.24, 2.45) is 0 Å². The molecule has 0 spiro atoms. The SMILES string of the molecule is Cl.Cl.Cl.O=C1c2c(O)ccc(O)c2C(=O)c2c(NCCNCCO)ccc(NCCNCCO)c21.O=C1c2c(O)ccc(O)c2C(=O)c2c(NCCNCCO)ccc(NCCNCCO)c21. The largest absolute Gasteiger partial charge is 0.507 e. The molecule has 0 radical (unpaired) electrons. The summed E-state index contributed by atoms with van der Waals surface area (Å²) in [4.78, 5) is 53.5. The topological polar surface area (TPSA) is 326 Å². The van der Waals surface area contributed by atoms with E-state index in [0.717, 1.165) is 0 Å². The maximum Gasteiger partial charge on any atom is 0.200 e. The maximum atomic E-state index is 13.4. The number of hydrogen-bond acceptors (Lipinski definition) is 20. The lowest BCUT2D eigenvalue weighted by Crippen LogP contribution is -2.28. The van der Waals surface area contributed by atoms with Crippen molar-refractivity contribution in [3.63, 3.8) is 0 Å². The summed E-state index contributed by atoms with van der Waals surface area (Å²) in [6.07, 6.45) is 0. The number of nitrogens with one attached hydrogen (secondary N) is 8. The summed E-state index contributed by atoms with van der Waals surface area (Å²) in [5.41, 5.74) is 1.36. The van der Waals surface area contributed by atoms with Crippen LogP contribution in [0.1, 0.15) is 63.7 Å². The molecule has 20 nitrogen and oxygen atoms in total. The lowest BCUT2D eigenvalue weighted by atomic mass is 9.81. The number of ketones is 4. The molecule has 0 fully saturated rings. The number of benzene rings is 4. The Morgan fingerprint density at radius 1 is 0.284 bits per heavy atom. The number of fused-ring (bicyclic) bond motifs is 4. The Bertz CT molecular complexity index is 2010. The number of aliphatic hydroxyl groups is 4. The van der Waals surface area contributed by atoms with E-state index in [0.29, 0.717) is 101 Å². The van der Waals surface area contributed by atoms with Crippen molar-refractivity contribution >= 4 is 83.1 Å². The first-order valence-electron chi connectivity index (χ1n) is 20.9. The van der Waals surface area contributed by atoms with Crippen molar-refractivity contribution in [3.8, 4) is 23.0 Å². The fourth-order valence-electron chi connectivity index (χ4n) is 7.28. The lowest BCUT2D eigenvalue weighted by molar-refractivity contribution is 0.0975. The molecule has 16 N–H and O–H groups in total. The van der Waals surface area contributed by atoms with Gasteiger partial charge in [0.25, 0.3) is 0 Å². The number of aromatic hydroxyl groups is 4. The normalized spacial score (nSPS) is 11.9. The minimum absolute atomic E-state index is 0. The fourth-order valence-corrected chi connectivity index (χ4v) is 7.28. The molecule has 0 amide bonds. The molecule has 4 aromatic carbocycles. The molecule has 368 valence electrons. The number of phenolic OH excluding ortho intramolecular Hbond substituents is 4. The van der Waals surface area contributed by atoms with Gasteiger partial charge in [-0.3, -0.25) is 19.2 Å². The highest BCUT2D eigenvalue weighted by atomic mass is 35.5. The lowest BCUT2D eigenvalue weighted by Gasteiger charge is -2.25. The molecule has 0 unspecified atom stereocenters. The highest BCUT2D eigenvalue weighted by Gasteiger charge is 2.39. The highest BCUT2D eigenvalue weighted by molar-refractivity contribution is 6.34. The zero-order valence-corrected chi connectivity index (χ0v) is 38.8. The van der Waals surface area contributed by atoms with Crippen LogP contribution >= 0.6 is 37.2 Å². The van der Waals surface area contributed by atoms with Crippen molar-refractivity contribution in [1.29, 1.82) is 0 Å². The molecule has 0 saturated heterocycles. The molecule has 0 heterocycles. The first-order valence-corrected chi connectivity index (χ1v) is 20.9. The van der Waals surface area contributed by atoms with Crippen LogP contribution in [0.15, 0.2) is 48.5 Å². The molecule has 2 aliphatic carbocycles. The van der Waals surface area contributed by atoms with Gasteiger partial charge >= 0.3 is 0 Å². The van der Waals surface area contributed by atoms with Gasteiger partial charge in [-0.15, -0.1) is 37.2 Å². The van der Waals surface area contributed by atoms with Gasteiger partial charge in [-0.05, 0) is 48.5 Å². The van der Waals surface area contributed by atoms with E-state index in [9.17, 15) is 39.6 Å². The summed E-state index contributed by atoms with van der Waals surface area (Å²) in [7, 11) is 0. The van der Waals surface area contributed by atoms with Crippen LogP contribution in [0.4, 0.5) is 22.7 Å². The van der Waals surface area contributed by atoms with E-state index in [2.05, 4.69) is 42.5 Å². The molecule has 6 rings (SSSR count). The summed E-state index contributed by atoms with van der Waals surface area (Å²) in [6.45, 7) is 5.62. The molecule has 67 heavy (non-hydrogen) atoms. The van der Waals surface area contributed by atoms with Crippen LogP contribution in [-0.2, 0) is 0 Å². The monoisotopic (exact) mass is 996 g/mol. The number of phenols is 4. The third-order valence-electron chi connectivity index (χ3n) is 10.2. The molecular formula is C44H59Cl3N8O12. The van der Waals surface area contributed by atoms with Gasteiger partial charge in [0.1, 0.15) is 23.0 Å². The first kappa shape index (κ1) is 57.6. The van der Waals surface area contributed by atoms with Gasteiger partial charge in [0.15, 0.2) is 0 Å². The van der Waals surface area contributed by atoms with Crippen molar-refractivity contribution < 1.29 is 60.0 Å². The third-order valence-corrected chi connectivity index (χ3v) is 10.2.